The minimum atomic E-state index is -0.809. The van der Waals surface area contributed by atoms with Gasteiger partial charge in [-0.3, -0.25) is 9.59 Å². The first-order valence-electron chi connectivity index (χ1n) is 8.63. The molecule has 1 aromatic rings. The first-order valence-corrected chi connectivity index (χ1v) is 9.42. The lowest BCUT2D eigenvalue weighted by Gasteiger charge is -2.58. The molecule has 0 saturated heterocycles. The van der Waals surface area contributed by atoms with Crippen LogP contribution in [0.2, 0.25) is 0 Å². The molecule has 25 heavy (non-hydrogen) atoms. The molecular formula is C19H19BrF2O3. The molecule has 5 rings (SSSR count). The number of hydrogen-bond acceptors (Lipinski definition) is 3. The lowest BCUT2D eigenvalue weighted by Crippen LogP contribution is -2.56. The van der Waals surface area contributed by atoms with Crippen molar-refractivity contribution in [2.24, 2.45) is 17.3 Å². The van der Waals surface area contributed by atoms with Gasteiger partial charge in [0, 0.05) is 4.32 Å². The predicted molar refractivity (Wildman–Crippen MR) is 90.4 cm³/mol. The predicted octanol–water partition coefficient (Wildman–Crippen LogP) is 4.42. The second-order valence-corrected chi connectivity index (χ2v) is 9.70. The van der Waals surface area contributed by atoms with Crippen LogP contribution in [0.1, 0.15) is 48.9 Å². The van der Waals surface area contributed by atoms with Crippen molar-refractivity contribution in [3.05, 3.63) is 35.4 Å². The number of halogens is 3. The van der Waals surface area contributed by atoms with Gasteiger partial charge >= 0.3 is 5.97 Å². The third-order valence-electron chi connectivity index (χ3n) is 5.99. The van der Waals surface area contributed by atoms with E-state index in [9.17, 15) is 18.4 Å². The highest BCUT2D eigenvalue weighted by Crippen LogP contribution is 2.64. The highest BCUT2D eigenvalue weighted by molar-refractivity contribution is 9.10. The molecule has 4 aliphatic carbocycles. The first kappa shape index (κ1) is 17.1. The highest BCUT2D eigenvalue weighted by Gasteiger charge is 2.60. The van der Waals surface area contributed by atoms with E-state index in [0.717, 1.165) is 56.7 Å². The summed E-state index contributed by atoms with van der Waals surface area (Å²) in [5.41, 5.74) is -0.913. The molecule has 3 nitrogen and oxygen atoms in total. The van der Waals surface area contributed by atoms with Crippen LogP contribution in [0.5, 0.6) is 0 Å². The number of ketones is 1. The molecule has 4 fully saturated rings. The van der Waals surface area contributed by atoms with Crippen molar-refractivity contribution in [2.75, 3.05) is 6.61 Å². The first-order chi connectivity index (χ1) is 11.8. The zero-order chi connectivity index (χ0) is 17.8. The van der Waals surface area contributed by atoms with Gasteiger partial charge in [-0.1, -0.05) is 15.9 Å². The van der Waals surface area contributed by atoms with Crippen LogP contribution in [0.25, 0.3) is 0 Å². The summed E-state index contributed by atoms with van der Waals surface area (Å²) in [7, 11) is 0. The van der Waals surface area contributed by atoms with Gasteiger partial charge in [-0.15, -0.1) is 0 Å². The summed E-state index contributed by atoms with van der Waals surface area (Å²) in [6.07, 6.45) is 5.68. The van der Waals surface area contributed by atoms with Crippen LogP contribution in [0.3, 0.4) is 0 Å². The fraction of sp³-hybridized carbons (Fsp3) is 0.579. The average Bonchev–Trinajstić information content (AvgIpc) is 2.52. The summed E-state index contributed by atoms with van der Waals surface area (Å²) >= 11 is 3.83. The number of ether oxygens (including phenoxy) is 1. The molecule has 0 aliphatic heterocycles. The van der Waals surface area contributed by atoms with Gasteiger partial charge in [0.05, 0.1) is 11.0 Å². The zero-order valence-corrected chi connectivity index (χ0v) is 15.3. The van der Waals surface area contributed by atoms with Gasteiger partial charge in [-0.2, -0.15) is 0 Å². The van der Waals surface area contributed by atoms with Crippen LogP contribution in [0, 0.1) is 28.9 Å². The number of carbonyl (C=O) groups is 2. The van der Waals surface area contributed by atoms with Crippen LogP contribution in [-0.4, -0.2) is 22.7 Å². The molecule has 0 amide bonds. The number of carbonyl (C=O) groups excluding carboxylic acids is 2. The van der Waals surface area contributed by atoms with Crippen molar-refractivity contribution in [1.82, 2.24) is 0 Å². The molecule has 134 valence electrons. The zero-order valence-electron chi connectivity index (χ0n) is 13.7. The minimum Gasteiger partial charge on any atom is -0.457 e. The molecule has 4 saturated carbocycles. The summed E-state index contributed by atoms with van der Waals surface area (Å²) in [6, 6.07) is 2.69. The quantitative estimate of drug-likeness (QED) is 0.417. The Morgan fingerprint density at radius 3 is 2.48 bits per heavy atom. The van der Waals surface area contributed by atoms with Crippen molar-refractivity contribution in [3.63, 3.8) is 0 Å². The molecular weight excluding hydrogens is 394 g/mol. The maximum Gasteiger partial charge on any atom is 0.312 e. The van der Waals surface area contributed by atoms with Crippen molar-refractivity contribution >= 4 is 27.7 Å². The van der Waals surface area contributed by atoms with E-state index in [1.165, 1.54) is 0 Å². The number of rotatable bonds is 4. The highest BCUT2D eigenvalue weighted by atomic mass is 79.9. The molecule has 0 aromatic heterocycles. The Morgan fingerprint density at radius 1 is 1.16 bits per heavy atom. The summed E-state index contributed by atoms with van der Waals surface area (Å²) in [6.45, 7) is -0.550. The summed E-state index contributed by atoms with van der Waals surface area (Å²) in [5.74, 6) is -1.55. The molecule has 0 N–H and O–H groups in total. The summed E-state index contributed by atoms with van der Waals surface area (Å²) in [5, 5.41) is 0. The summed E-state index contributed by atoms with van der Waals surface area (Å²) < 4.78 is 32.2. The van der Waals surface area contributed by atoms with Gasteiger partial charge in [-0.05, 0) is 68.6 Å². The van der Waals surface area contributed by atoms with E-state index in [1.807, 2.05) is 0 Å². The molecule has 4 bridgehead atoms. The minimum absolute atomic E-state index is 0.00871. The second-order valence-electron chi connectivity index (χ2n) is 8.02. The molecule has 0 radical (unpaired) electrons. The maximum atomic E-state index is 13.7. The van der Waals surface area contributed by atoms with Crippen molar-refractivity contribution in [3.8, 4) is 0 Å². The standard InChI is InChI=1S/C19H19BrF2O3/c20-19-7-11-3-12(8-19)6-18(5-11,10-19)17(24)25-9-16(23)14-4-13(21)1-2-15(14)22/h1-2,4,11-12H,3,5-10H2. The smallest absolute Gasteiger partial charge is 0.312 e. The van der Waals surface area contributed by atoms with Crippen LogP contribution in [0.4, 0.5) is 8.78 Å². The maximum absolute atomic E-state index is 13.7. The van der Waals surface area contributed by atoms with Crippen LogP contribution in [0.15, 0.2) is 18.2 Å². The molecule has 1 aromatic carbocycles. The largest absolute Gasteiger partial charge is 0.457 e. The Balaban J connectivity index is 1.46. The Labute approximate surface area is 153 Å². The van der Waals surface area contributed by atoms with E-state index in [1.54, 1.807) is 0 Å². The lowest BCUT2D eigenvalue weighted by atomic mass is 9.49. The van der Waals surface area contributed by atoms with Gasteiger partial charge < -0.3 is 4.74 Å². The van der Waals surface area contributed by atoms with Gasteiger partial charge in [0.25, 0.3) is 0 Å². The molecule has 0 heterocycles. The fourth-order valence-corrected chi connectivity index (χ4v) is 6.92. The van der Waals surface area contributed by atoms with E-state index < -0.39 is 29.4 Å². The number of hydrogen-bond donors (Lipinski definition) is 0. The van der Waals surface area contributed by atoms with E-state index in [4.69, 9.17) is 4.74 Å². The molecule has 4 aliphatic rings. The van der Waals surface area contributed by atoms with E-state index in [0.29, 0.717) is 11.8 Å². The normalized spacial score (nSPS) is 35.6. The number of Topliss-reactive ketones (excluding diaryl/α,β-unsaturated/α-hetero) is 1. The summed E-state index contributed by atoms with van der Waals surface area (Å²) in [4.78, 5) is 24.9. The van der Waals surface area contributed by atoms with Gasteiger partial charge in [0.15, 0.2) is 6.61 Å². The molecule has 0 spiro atoms. The number of benzene rings is 1. The average molecular weight is 413 g/mol. The Bertz CT molecular complexity index is 734. The van der Waals surface area contributed by atoms with Crippen molar-refractivity contribution < 1.29 is 23.1 Å². The second kappa shape index (κ2) is 5.86. The van der Waals surface area contributed by atoms with Crippen LogP contribution < -0.4 is 0 Å². The van der Waals surface area contributed by atoms with Crippen LogP contribution >= 0.6 is 15.9 Å². The van der Waals surface area contributed by atoms with E-state index in [2.05, 4.69) is 15.9 Å². The monoisotopic (exact) mass is 412 g/mol. The third kappa shape index (κ3) is 3.03. The lowest BCUT2D eigenvalue weighted by molar-refractivity contribution is -0.168. The van der Waals surface area contributed by atoms with E-state index >= 15 is 0 Å². The molecule has 2 atom stereocenters. The topological polar surface area (TPSA) is 43.4 Å². The Morgan fingerprint density at radius 2 is 1.84 bits per heavy atom. The SMILES string of the molecule is O=C(COC(=O)C12CC3CC(CC(Br)(C3)C1)C2)c1cc(F)ccc1F. The van der Waals surface area contributed by atoms with Crippen molar-refractivity contribution in [2.45, 2.75) is 42.8 Å². The number of alkyl halides is 1. The molecule has 2 unspecified atom stereocenters. The Hall–Kier alpha value is -1.30. The van der Waals surface area contributed by atoms with Crippen LogP contribution in [-0.2, 0) is 9.53 Å². The van der Waals surface area contributed by atoms with Gasteiger partial charge in [-0.25, -0.2) is 8.78 Å². The third-order valence-corrected chi connectivity index (χ3v) is 6.91. The fourth-order valence-electron chi connectivity index (χ4n) is 5.46. The van der Waals surface area contributed by atoms with E-state index in [-0.39, 0.29) is 15.9 Å². The number of esters is 1. The van der Waals surface area contributed by atoms with Gasteiger partial charge in [0.2, 0.25) is 5.78 Å². The Kier molecular flexibility index (Phi) is 4.02. The van der Waals surface area contributed by atoms with Crippen molar-refractivity contribution in [1.29, 1.82) is 0 Å². The molecule has 6 heteroatoms. The van der Waals surface area contributed by atoms with Gasteiger partial charge in [0.1, 0.15) is 11.6 Å².